The van der Waals surface area contributed by atoms with Gasteiger partial charge in [0.2, 0.25) is 5.91 Å². The first kappa shape index (κ1) is 15.7. The molecule has 0 aliphatic carbocycles. The Morgan fingerprint density at radius 2 is 2.29 bits per heavy atom. The van der Waals surface area contributed by atoms with Gasteiger partial charge in [-0.05, 0) is 30.5 Å². The lowest BCUT2D eigenvalue weighted by molar-refractivity contribution is -0.119. The molecule has 0 saturated heterocycles. The van der Waals surface area contributed by atoms with Crippen LogP contribution in [0.1, 0.15) is 17.8 Å². The Hall–Kier alpha value is -1.66. The lowest BCUT2D eigenvalue weighted by Gasteiger charge is -2.13. The minimum absolute atomic E-state index is 0.000205. The number of nitrogen functional groups attached to an aromatic ring is 1. The first-order valence-electron chi connectivity index (χ1n) is 6.49. The molecule has 1 heterocycles. The van der Waals surface area contributed by atoms with E-state index in [1.807, 2.05) is 30.5 Å². The second kappa shape index (κ2) is 7.38. The monoisotopic (exact) mass is 322 g/mol. The van der Waals surface area contributed by atoms with Crippen molar-refractivity contribution < 1.29 is 9.53 Å². The zero-order chi connectivity index (χ0) is 15.2. The topological polar surface area (TPSA) is 64.3 Å². The van der Waals surface area contributed by atoms with Crippen LogP contribution in [0.2, 0.25) is 0 Å². The van der Waals surface area contributed by atoms with E-state index in [9.17, 15) is 4.79 Å². The van der Waals surface area contributed by atoms with Crippen LogP contribution < -0.4 is 15.8 Å². The van der Waals surface area contributed by atoms with Crippen LogP contribution in [-0.4, -0.2) is 18.8 Å². The number of carbonyl (C=O) groups is 1. The van der Waals surface area contributed by atoms with Crippen LogP contribution in [0.15, 0.2) is 40.6 Å². The van der Waals surface area contributed by atoms with Crippen molar-refractivity contribution in [1.82, 2.24) is 5.32 Å². The average Bonchev–Trinajstić information content (AvgIpc) is 3.00. The van der Waals surface area contributed by atoms with Crippen LogP contribution >= 0.6 is 23.1 Å². The van der Waals surface area contributed by atoms with Crippen LogP contribution in [0.4, 0.5) is 5.69 Å². The van der Waals surface area contributed by atoms with Crippen molar-refractivity contribution in [1.29, 1.82) is 0 Å². The quantitative estimate of drug-likeness (QED) is 0.632. The van der Waals surface area contributed by atoms with E-state index in [0.29, 0.717) is 17.2 Å². The van der Waals surface area contributed by atoms with Gasteiger partial charge in [-0.25, -0.2) is 0 Å². The van der Waals surface area contributed by atoms with Crippen LogP contribution in [0, 0.1) is 0 Å². The van der Waals surface area contributed by atoms with Gasteiger partial charge in [0, 0.05) is 21.5 Å². The summed E-state index contributed by atoms with van der Waals surface area (Å²) in [4.78, 5) is 14.1. The zero-order valence-corrected chi connectivity index (χ0v) is 13.6. The average molecular weight is 322 g/mol. The van der Waals surface area contributed by atoms with E-state index in [0.717, 1.165) is 9.77 Å². The molecule has 112 valence electrons. The maximum atomic E-state index is 12.0. The molecule has 4 nitrogen and oxygen atoms in total. The van der Waals surface area contributed by atoms with Crippen LogP contribution in [0.25, 0.3) is 0 Å². The van der Waals surface area contributed by atoms with Crippen LogP contribution in [0.5, 0.6) is 5.75 Å². The number of hydrogen-bond acceptors (Lipinski definition) is 5. The molecule has 6 heteroatoms. The molecule has 1 unspecified atom stereocenters. The number of nitrogens with one attached hydrogen (secondary N) is 1. The normalized spacial score (nSPS) is 11.9. The summed E-state index contributed by atoms with van der Waals surface area (Å²) in [5, 5.41) is 4.99. The summed E-state index contributed by atoms with van der Waals surface area (Å²) in [6.45, 7) is 1.98. The SMILES string of the molecule is COc1cc(N)ccc1SCC(=O)NC(C)c1cccs1. The third kappa shape index (κ3) is 4.41. The smallest absolute Gasteiger partial charge is 0.230 e. The molecule has 1 aromatic carbocycles. The highest BCUT2D eigenvalue weighted by Gasteiger charge is 2.12. The molecule has 3 N–H and O–H groups in total. The summed E-state index contributed by atoms with van der Waals surface area (Å²) >= 11 is 3.08. The van der Waals surface area contributed by atoms with E-state index in [1.165, 1.54) is 11.8 Å². The molecule has 2 rings (SSSR count). The molecule has 1 aromatic heterocycles. The fourth-order valence-corrected chi connectivity index (χ4v) is 3.39. The molecule has 0 saturated carbocycles. The molecule has 0 spiro atoms. The number of thiophene rings is 1. The standard InChI is InChI=1S/C15H18N2O2S2/c1-10(13-4-3-7-20-13)17-15(18)9-21-14-6-5-11(16)8-12(14)19-2/h3-8,10H,9,16H2,1-2H3,(H,17,18). The van der Waals surface area contributed by atoms with Gasteiger partial charge < -0.3 is 15.8 Å². The largest absolute Gasteiger partial charge is 0.496 e. The molecule has 21 heavy (non-hydrogen) atoms. The molecule has 0 aliphatic rings. The van der Waals surface area contributed by atoms with Gasteiger partial charge in [0.1, 0.15) is 5.75 Å². The van der Waals surface area contributed by atoms with E-state index < -0.39 is 0 Å². The van der Waals surface area contributed by atoms with Crippen molar-refractivity contribution in [2.24, 2.45) is 0 Å². The first-order valence-corrected chi connectivity index (χ1v) is 8.35. The molecule has 1 atom stereocenters. The number of hydrogen-bond donors (Lipinski definition) is 2. The van der Waals surface area contributed by atoms with Crippen LogP contribution in [-0.2, 0) is 4.79 Å². The molecule has 0 aliphatic heterocycles. The summed E-state index contributed by atoms with van der Waals surface area (Å²) < 4.78 is 5.27. The maximum Gasteiger partial charge on any atom is 0.230 e. The predicted octanol–water partition coefficient (Wildman–Crippen LogP) is 3.31. The van der Waals surface area contributed by atoms with Gasteiger partial charge in [0.05, 0.1) is 18.9 Å². The lowest BCUT2D eigenvalue weighted by Crippen LogP contribution is -2.27. The van der Waals surface area contributed by atoms with Gasteiger partial charge >= 0.3 is 0 Å². The van der Waals surface area contributed by atoms with Crippen molar-refractivity contribution in [3.63, 3.8) is 0 Å². The van der Waals surface area contributed by atoms with Crippen LogP contribution in [0.3, 0.4) is 0 Å². The fourth-order valence-electron chi connectivity index (χ4n) is 1.84. The molecule has 0 radical (unpaired) electrons. The first-order chi connectivity index (χ1) is 10.1. The summed E-state index contributed by atoms with van der Waals surface area (Å²) in [5.41, 5.74) is 6.36. The highest BCUT2D eigenvalue weighted by atomic mass is 32.2. The molecule has 0 bridgehead atoms. The van der Waals surface area contributed by atoms with Crippen molar-refractivity contribution in [2.75, 3.05) is 18.6 Å². The summed E-state index contributed by atoms with van der Waals surface area (Å²) in [6, 6.07) is 9.47. The molecule has 1 amide bonds. The van der Waals surface area contributed by atoms with E-state index >= 15 is 0 Å². The third-order valence-electron chi connectivity index (χ3n) is 2.89. The second-order valence-electron chi connectivity index (χ2n) is 4.50. The number of ether oxygens (including phenoxy) is 1. The number of amides is 1. The van der Waals surface area contributed by atoms with Gasteiger partial charge in [-0.3, -0.25) is 4.79 Å². The van der Waals surface area contributed by atoms with E-state index in [4.69, 9.17) is 10.5 Å². The molecule has 2 aromatic rings. The van der Waals surface area contributed by atoms with Gasteiger partial charge in [0.15, 0.2) is 0 Å². The Kier molecular flexibility index (Phi) is 5.52. The van der Waals surface area contributed by atoms with Crippen molar-refractivity contribution in [3.05, 3.63) is 40.6 Å². The number of thioether (sulfide) groups is 1. The summed E-state index contributed by atoms with van der Waals surface area (Å²) in [5.74, 6) is 1.04. The Morgan fingerprint density at radius 1 is 1.48 bits per heavy atom. The van der Waals surface area contributed by atoms with Gasteiger partial charge in [-0.15, -0.1) is 23.1 Å². The third-order valence-corrected chi connectivity index (χ3v) is 5.00. The summed E-state index contributed by atoms with van der Waals surface area (Å²) in [6.07, 6.45) is 0. The van der Waals surface area contributed by atoms with Gasteiger partial charge in [-0.1, -0.05) is 6.07 Å². The number of rotatable bonds is 6. The van der Waals surface area contributed by atoms with Gasteiger partial charge in [-0.2, -0.15) is 0 Å². The molecular formula is C15H18N2O2S2. The number of methoxy groups -OCH3 is 1. The number of benzene rings is 1. The lowest BCUT2D eigenvalue weighted by atomic mass is 10.3. The molecular weight excluding hydrogens is 304 g/mol. The summed E-state index contributed by atoms with van der Waals surface area (Å²) in [7, 11) is 1.60. The van der Waals surface area contributed by atoms with E-state index in [2.05, 4.69) is 5.32 Å². The fraction of sp³-hybridized carbons (Fsp3) is 0.267. The minimum atomic E-state index is -0.000205. The minimum Gasteiger partial charge on any atom is -0.496 e. The van der Waals surface area contributed by atoms with Crippen molar-refractivity contribution >= 4 is 34.7 Å². The van der Waals surface area contributed by atoms with Crippen molar-refractivity contribution in [2.45, 2.75) is 17.9 Å². The predicted molar refractivity (Wildman–Crippen MR) is 89.0 cm³/mol. The highest BCUT2D eigenvalue weighted by Crippen LogP contribution is 2.31. The second-order valence-corrected chi connectivity index (χ2v) is 6.50. The number of carbonyl (C=O) groups excluding carboxylic acids is 1. The van der Waals surface area contributed by atoms with E-state index in [1.54, 1.807) is 30.6 Å². The Morgan fingerprint density at radius 3 is 2.95 bits per heavy atom. The molecule has 0 fully saturated rings. The van der Waals surface area contributed by atoms with Gasteiger partial charge in [0.25, 0.3) is 0 Å². The Labute approximate surface area is 132 Å². The zero-order valence-electron chi connectivity index (χ0n) is 12.0. The number of anilines is 1. The Bertz CT molecular complexity index is 600. The highest BCUT2D eigenvalue weighted by molar-refractivity contribution is 8.00. The van der Waals surface area contributed by atoms with Crippen molar-refractivity contribution in [3.8, 4) is 5.75 Å². The van der Waals surface area contributed by atoms with E-state index in [-0.39, 0.29) is 11.9 Å². The maximum absolute atomic E-state index is 12.0. The Balaban J connectivity index is 1.89. The number of nitrogens with two attached hydrogens (primary N) is 1.